The van der Waals surface area contributed by atoms with Crippen molar-refractivity contribution in [1.82, 2.24) is 10.2 Å². The lowest BCUT2D eigenvalue weighted by molar-refractivity contribution is -0.152. The van der Waals surface area contributed by atoms with Crippen molar-refractivity contribution >= 4 is 23.9 Å². The molecule has 0 aromatic rings. The zero-order chi connectivity index (χ0) is 21.2. The van der Waals surface area contributed by atoms with Crippen LogP contribution >= 0.6 is 0 Å². The number of carboxylic acid groups (broad SMARTS) is 1. The van der Waals surface area contributed by atoms with Gasteiger partial charge in [0.1, 0.15) is 18.2 Å². The molecule has 0 aromatic carbocycles. The van der Waals surface area contributed by atoms with Crippen LogP contribution in [0, 0.1) is 0 Å². The van der Waals surface area contributed by atoms with Gasteiger partial charge >= 0.3 is 18.0 Å². The van der Waals surface area contributed by atoms with E-state index in [1.807, 2.05) is 0 Å². The molecule has 0 aliphatic rings. The van der Waals surface area contributed by atoms with Gasteiger partial charge in [0.25, 0.3) is 5.91 Å². The smallest absolute Gasteiger partial charge is 0.408 e. The Hall–Kier alpha value is -2.36. The molecule has 27 heavy (non-hydrogen) atoms. The Morgan fingerprint density at radius 1 is 1.11 bits per heavy atom. The number of nitrogens with zero attached hydrogens (tertiary/aromatic N) is 1. The van der Waals surface area contributed by atoms with Gasteiger partial charge in [-0.25, -0.2) is 9.59 Å². The van der Waals surface area contributed by atoms with Gasteiger partial charge < -0.3 is 29.9 Å². The number of aliphatic hydroxyl groups excluding tert-OH is 1. The van der Waals surface area contributed by atoms with Crippen molar-refractivity contribution in [3.63, 3.8) is 0 Å². The summed E-state index contributed by atoms with van der Waals surface area (Å²) in [7, 11) is 0. The number of esters is 1. The van der Waals surface area contributed by atoms with E-state index in [4.69, 9.17) is 14.6 Å². The molecular weight excluding hydrogens is 360 g/mol. The summed E-state index contributed by atoms with van der Waals surface area (Å²) in [6.45, 7) is 8.70. The molecule has 156 valence electrons. The molecule has 0 aliphatic carbocycles. The summed E-state index contributed by atoms with van der Waals surface area (Å²) in [4.78, 5) is 47.8. The van der Waals surface area contributed by atoms with Crippen LogP contribution in [-0.2, 0) is 23.9 Å². The number of carbonyl (C=O) groups excluding carboxylic acids is 3. The van der Waals surface area contributed by atoms with Crippen molar-refractivity contribution in [2.75, 3.05) is 19.7 Å². The molecule has 0 spiro atoms. The molecule has 0 saturated heterocycles. The highest BCUT2D eigenvalue weighted by Gasteiger charge is 2.26. The first-order valence-electron chi connectivity index (χ1n) is 8.76. The second-order valence-electron chi connectivity index (χ2n) is 6.79. The van der Waals surface area contributed by atoms with Crippen molar-refractivity contribution in [3.8, 4) is 0 Å². The maximum Gasteiger partial charge on any atom is 0.408 e. The van der Waals surface area contributed by atoms with E-state index in [1.165, 1.54) is 4.90 Å². The lowest BCUT2D eigenvalue weighted by atomic mass is 10.1. The maximum absolute atomic E-state index is 11.9. The second kappa shape index (κ2) is 11.4. The summed E-state index contributed by atoms with van der Waals surface area (Å²) in [5.41, 5.74) is -0.792. The van der Waals surface area contributed by atoms with Crippen LogP contribution in [0.15, 0.2) is 0 Å². The van der Waals surface area contributed by atoms with E-state index >= 15 is 0 Å². The number of aliphatic carboxylic acids is 1. The standard InChI is InChI=1S/C17H30N2O8/c1-6-19(7-2)14(22)12(20)10-26-13(21)9-8-11(15(23)24)18-16(25)27-17(3,4)5/h11-12,20H,6-10H2,1-5H3,(H,18,25)(H,23,24)/t11-,12?/m0/s1. The first-order valence-corrected chi connectivity index (χ1v) is 8.76. The molecular formula is C17H30N2O8. The lowest BCUT2D eigenvalue weighted by Crippen LogP contribution is -2.44. The number of alkyl carbamates (subject to hydrolysis) is 1. The van der Waals surface area contributed by atoms with Gasteiger partial charge in [0.2, 0.25) is 0 Å². The summed E-state index contributed by atoms with van der Waals surface area (Å²) >= 11 is 0. The Kier molecular flexibility index (Phi) is 10.4. The van der Waals surface area contributed by atoms with E-state index in [9.17, 15) is 24.3 Å². The highest BCUT2D eigenvalue weighted by atomic mass is 16.6. The predicted octanol–water partition coefficient (Wildman–Crippen LogP) is 0.517. The summed E-state index contributed by atoms with van der Waals surface area (Å²) in [5.74, 6) is -2.67. The number of hydrogen-bond acceptors (Lipinski definition) is 7. The van der Waals surface area contributed by atoms with Crippen LogP contribution in [0.5, 0.6) is 0 Å². The van der Waals surface area contributed by atoms with Crippen LogP contribution < -0.4 is 5.32 Å². The highest BCUT2D eigenvalue weighted by Crippen LogP contribution is 2.08. The third-order valence-corrected chi connectivity index (χ3v) is 3.39. The Balaban J connectivity index is 4.45. The number of amides is 2. The van der Waals surface area contributed by atoms with Crippen LogP contribution in [0.25, 0.3) is 0 Å². The van der Waals surface area contributed by atoms with Gasteiger partial charge in [-0.1, -0.05) is 0 Å². The van der Waals surface area contributed by atoms with Crippen molar-refractivity contribution in [1.29, 1.82) is 0 Å². The molecule has 3 N–H and O–H groups in total. The third kappa shape index (κ3) is 10.4. The molecule has 0 aliphatic heterocycles. The van der Waals surface area contributed by atoms with Gasteiger partial charge in [0.15, 0.2) is 6.10 Å². The summed E-state index contributed by atoms with van der Waals surface area (Å²) < 4.78 is 9.78. The zero-order valence-electron chi connectivity index (χ0n) is 16.5. The van der Waals surface area contributed by atoms with Crippen molar-refractivity contribution in [3.05, 3.63) is 0 Å². The van der Waals surface area contributed by atoms with Gasteiger partial charge in [0.05, 0.1) is 0 Å². The van der Waals surface area contributed by atoms with Crippen LogP contribution in [-0.4, -0.2) is 76.5 Å². The number of rotatable bonds is 10. The molecule has 0 bridgehead atoms. The number of nitrogens with one attached hydrogen (secondary N) is 1. The average Bonchev–Trinajstić information content (AvgIpc) is 2.55. The van der Waals surface area contributed by atoms with Gasteiger partial charge in [-0.2, -0.15) is 0 Å². The molecule has 0 saturated carbocycles. The number of carboxylic acids is 1. The predicted molar refractivity (Wildman–Crippen MR) is 94.9 cm³/mol. The van der Waals surface area contributed by atoms with E-state index in [2.05, 4.69) is 5.32 Å². The van der Waals surface area contributed by atoms with Gasteiger partial charge in [0, 0.05) is 19.5 Å². The third-order valence-electron chi connectivity index (χ3n) is 3.39. The van der Waals surface area contributed by atoms with Gasteiger partial charge in [-0.15, -0.1) is 0 Å². The van der Waals surface area contributed by atoms with E-state index in [0.717, 1.165) is 0 Å². The molecule has 2 atom stereocenters. The van der Waals surface area contributed by atoms with E-state index < -0.39 is 48.3 Å². The largest absolute Gasteiger partial charge is 0.480 e. The Morgan fingerprint density at radius 2 is 1.67 bits per heavy atom. The molecule has 0 rings (SSSR count). The fraction of sp³-hybridized carbons (Fsp3) is 0.765. The van der Waals surface area contributed by atoms with E-state index in [0.29, 0.717) is 13.1 Å². The molecule has 10 nitrogen and oxygen atoms in total. The van der Waals surface area contributed by atoms with Crippen molar-refractivity contribution in [2.24, 2.45) is 0 Å². The second-order valence-corrected chi connectivity index (χ2v) is 6.79. The first-order chi connectivity index (χ1) is 12.4. The molecule has 1 unspecified atom stereocenters. The number of likely N-dealkylation sites (N-methyl/N-ethyl adjacent to an activating group) is 1. The molecule has 2 amide bonds. The molecule has 0 aromatic heterocycles. The van der Waals surface area contributed by atoms with Crippen molar-refractivity contribution < 1.29 is 38.9 Å². The fourth-order valence-electron chi connectivity index (χ4n) is 2.03. The van der Waals surface area contributed by atoms with E-state index in [-0.39, 0.29) is 12.8 Å². The first kappa shape index (κ1) is 24.6. The molecule has 0 heterocycles. The summed E-state index contributed by atoms with van der Waals surface area (Å²) in [6.07, 6.45) is -2.94. The number of carbonyl (C=O) groups is 4. The topological polar surface area (TPSA) is 142 Å². The van der Waals surface area contributed by atoms with E-state index in [1.54, 1.807) is 34.6 Å². The normalized spacial score (nSPS) is 13.3. The highest BCUT2D eigenvalue weighted by molar-refractivity contribution is 5.82. The Labute approximate surface area is 158 Å². The Morgan fingerprint density at radius 3 is 2.11 bits per heavy atom. The molecule has 10 heteroatoms. The minimum Gasteiger partial charge on any atom is -0.480 e. The van der Waals surface area contributed by atoms with Gasteiger partial charge in [-0.05, 0) is 41.0 Å². The van der Waals surface area contributed by atoms with Crippen LogP contribution in [0.4, 0.5) is 4.79 Å². The average molecular weight is 390 g/mol. The minimum atomic E-state index is -1.48. The van der Waals surface area contributed by atoms with Gasteiger partial charge in [-0.3, -0.25) is 9.59 Å². The lowest BCUT2D eigenvalue weighted by Gasteiger charge is -2.22. The number of aliphatic hydroxyl groups is 1. The van der Waals surface area contributed by atoms with Crippen LogP contribution in [0.1, 0.15) is 47.5 Å². The zero-order valence-corrected chi connectivity index (χ0v) is 16.5. The Bertz CT molecular complexity index is 526. The monoisotopic (exact) mass is 390 g/mol. The van der Waals surface area contributed by atoms with Crippen molar-refractivity contribution in [2.45, 2.75) is 65.2 Å². The molecule has 0 fully saturated rings. The fourth-order valence-corrected chi connectivity index (χ4v) is 2.03. The maximum atomic E-state index is 11.9. The SMILES string of the molecule is CCN(CC)C(=O)C(O)COC(=O)CC[C@H](NC(=O)OC(C)(C)C)C(=O)O. The minimum absolute atomic E-state index is 0.229. The summed E-state index contributed by atoms with van der Waals surface area (Å²) in [5, 5.41) is 21.0. The van der Waals surface area contributed by atoms with Crippen LogP contribution in [0.2, 0.25) is 0 Å². The summed E-state index contributed by atoms with van der Waals surface area (Å²) in [6, 6.07) is -1.34. The number of hydrogen-bond donors (Lipinski definition) is 3. The molecule has 0 radical (unpaired) electrons. The quantitative estimate of drug-likeness (QED) is 0.458. The van der Waals surface area contributed by atoms with Crippen LogP contribution in [0.3, 0.4) is 0 Å². The number of ether oxygens (including phenoxy) is 2.